The summed E-state index contributed by atoms with van der Waals surface area (Å²) in [5, 5.41) is 4.19. The number of rotatable bonds is 7. The van der Waals surface area contributed by atoms with Gasteiger partial charge >= 0.3 is 0 Å². The zero-order chi connectivity index (χ0) is 21.2. The molecule has 0 saturated heterocycles. The molecule has 0 amide bonds. The molecule has 29 heavy (non-hydrogen) atoms. The number of nitrogens with two attached hydrogens (primary N) is 1. The maximum atomic E-state index is 4.40. The first-order valence-electron chi connectivity index (χ1n) is 10.3. The second kappa shape index (κ2) is 11.6. The van der Waals surface area contributed by atoms with Crippen molar-refractivity contribution in [1.29, 1.82) is 0 Å². The maximum absolute atomic E-state index is 4.40. The largest absolute Gasteiger partial charge is 0.281 e. The lowest BCUT2D eigenvalue weighted by molar-refractivity contribution is 0.906. The highest BCUT2D eigenvalue weighted by Gasteiger charge is 2.07. The molecule has 0 aliphatic heterocycles. The first kappa shape index (κ1) is 23.0. The molecule has 0 aromatic heterocycles. The molecule has 0 atom stereocenters. The molecule has 0 bridgehead atoms. The number of hydrogen-bond donors (Lipinski definition) is 2. The molecular formula is C27H33NS. The van der Waals surface area contributed by atoms with Crippen molar-refractivity contribution in [2.24, 2.45) is 5.14 Å². The average molecular weight is 404 g/mol. The Bertz CT molecular complexity index is 908. The van der Waals surface area contributed by atoms with Gasteiger partial charge in [-0.05, 0) is 66.5 Å². The Morgan fingerprint density at radius 3 is 1.72 bits per heavy atom. The van der Waals surface area contributed by atoms with Crippen molar-refractivity contribution in [2.45, 2.75) is 46.5 Å². The molecule has 2 N–H and O–H groups in total. The summed E-state index contributed by atoms with van der Waals surface area (Å²) in [6.07, 6.45) is 4.42. The van der Waals surface area contributed by atoms with Crippen molar-refractivity contribution in [2.75, 3.05) is 0 Å². The summed E-state index contributed by atoms with van der Waals surface area (Å²) < 4.78 is 0. The van der Waals surface area contributed by atoms with E-state index in [2.05, 4.69) is 112 Å². The average Bonchev–Trinajstić information content (AvgIpc) is 2.75. The summed E-state index contributed by atoms with van der Waals surface area (Å²) in [6, 6.07) is 24.6. The molecule has 0 spiro atoms. The molecule has 0 aliphatic rings. The van der Waals surface area contributed by atoms with Crippen LogP contribution in [0, 0.1) is 13.8 Å². The summed E-state index contributed by atoms with van der Waals surface area (Å²) in [7, 11) is 0. The van der Waals surface area contributed by atoms with Crippen molar-refractivity contribution in [1.82, 2.24) is 0 Å². The zero-order valence-corrected chi connectivity index (χ0v) is 18.8. The van der Waals surface area contributed by atoms with Crippen LogP contribution in [0.25, 0.3) is 5.57 Å². The summed E-state index contributed by atoms with van der Waals surface area (Å²) in [5.74, 6) is 0. The van der Waals surface area contributed by atoms with E-state index in [1.54, 1.807) is 0 Å². The van der Waals surface area contributed by atoms with Gasteiger partial charge in [-0.15, -0.1) is 12.8 Å². The van der Waals surface area contributed by atoms with Crippen LogP contribution < -0.4 is 5.14 Å². The van der Waals surface area contributed by atoms with Crippen LogP contribution in [0.15, 0.2) is 73.3 Å². The summed E-state index contributed by atoms with van der Waals surface area (Å²) in [4.78, 5) is 0. The van der Waals surface area contributed by atoms with E-state index in [0.717, 1.165) is 31.3 Å². The molecular weight excluding hydrogens is 370 g/mol. The zero-order valence-electron chi connectivity index (χ0n) is 17.9. The number of thiol groups is 1. The molecule has 0 unspecified atom stereocenters. The Labute approximate surface area is 182 Å². The van der Waals surface area contributed by atoms with Gasteiger partial charge in [0.05, 0.1) is 0 Å². The molecule has 152 valence electrons. The molecule has 3 aromatic rings. The van der Waals surface area contributed by atoms with Crippen molar-refractivity contribution < 1.29 is 0 Å². The second-order valence-corrected chi connectivity index (χ2v) is 7.62. The standard InChI is InChI=1S/C27H30.H3NS/c1-5-6-24-17-25(14-13-23-11-7-20(2)8-12-23)19-27(18-24)22(4)26-15-9-21(3)10-16-26;1-2/h7-12,15-19H,4-6,13-14H2,1-3H3;2H,1H2. The molecule has 1 nitrogen and oxygen atoms in total. The van der Waals surface area contributed by atoms with Crippen LogP contribution in [0.1, 0.15) is 52.3 Å². The van der Waals surface area contributed by atoms with Crippen LogP contribution in [0.4, 0.5) is 0 Å². The Morgan fingerprint density at radius 1 is 0.690 bits per heavy atom. The van der Waals surface area contributed by atoms with Gasteiger partial charge in [-0.2, -0.15) is 0 Å². The lowest BCUT2D eigenvalue weighted by Crippen LogP contribution is -1.97. The molecule has 0 aliphatic carbocycles. The van der Waals surface area contributed by atoms with Crippen LogP contribution >= 0.6 is 12.8 Å². The highest BCUT2D eigenvalue weighted by atomic mass is 32.1. The highest BCUT2D eigenvalue weighted by molar-refractivity contribution is 7.77. The lowest BCUT2D eigenvalue weighted by Gasteiger charge is -2.13. The van der Waals surface area contributed by atoms with Gasteiger partial charge in [0, 0.05) is 0 Å². The fraction of sp³-hybridized carbons (Fsp3) is 0.259. The minimum atomic E-state index is 1.06. The van der Waals surface area contributed by atoms with Gasteiger partial charge in [-0.1, -0.05) is 97.8 Å². The second-order valence-electron chi connectivity index (χ2n) is 7.62. The normalized spacial score (nSPS) is 10.2. The Hall–Kier alpha value is -2.29. The van der Waals surface area contributed by atoms with E-state index >= 15 is 0 Å². The van der Waals surface area contributed by atoms with Crippen LogP contribution in [0.2, 0.25) is 0 Å². The van der Waals surface area contributed by atoms with E-state index in [0.29, 0.717) is 0 Å². The van der Waals surface area contributed by atoms with Gasteiger partial charge in [-0.25, -0.2) is 0 Å². The van der Waals surface area contributed by atoms with E-state index in [9.17, 15) is 0 Å². The Kier molecular flexibility index (Phi) is 9.24. The van der Waals surface area contributed by atoms with Crippen LogP contribution in [0.3, 0.4) is 0 Å². The molecule has 0 heterocycles. The molecule has 0 radical (unpaired) electrons. The van der Waals surface area contributed by atoms with Gasteiger partial charge < -0.3 is 0 Å². The third kappa shape index (κ3) is 6.92. The molecule has 0 fully saturated rings. The third-order valence-electron chi connectivity index (χ3n) is 5.16. The predicted molar refractivity (Wildman–Crippen MR) is 132 cm³/mol. The van der Waals surface area contributed by atoms with Crippen molar-refractivity contribution in [3.05, 3.63) is 112 Å². The molecule has 3 rings (SSSR count). The summed E-state index contributed by atoms with van der Waals surface area (Å²) in [5.41, 5.74) is 10.4. The topological polar surface area (TPSA) is 26.0 Å². The first-order valence-corrected chi connectivity index (χ1v) is 10.8. The fourth-order valence-corrected chi connectivity index (χ4v) is 3.48. The summed E-state index contributed by atoms with van der Waals surface area (Å²) >= 11 is 3.03. The maximum Gasteiger partial charge on any atom is -0.0178 e. The Balaban J connectivity index is 0.00000145. The fourth-order valence-electron chi connectivity index (χ4n) is 3.48. The number of benzene rings is 3. The van der Waals surface area contributed by atoms with E-state index in [4.69, 9.17) is 0 Å². The van der Waals surface area contributed by atoms with E-state index in [1.165, 1.54) is 38.9 Å². The van der Waals surface area contributed by atoms with Gasteiger partial charge in [0.2, 0.25) is 0 Å². The monoisotopic (exact) mass is 403 g/mol. The SMILES string of the molecule is C=C(c1ccc(C)cc1)c1cc(CCC)cc(CCc2ccc(C)cc2)c1.NS. The van der Waals surface area contributed by atoms with Crippen LogP contribution in [0.5, 0.6) is 0 Å². The minimum Gasteiger partial charge on any atom is -0.281 e. The lowest BCUT2D eigenvalue weighted by atomic mass is 9.92. The van der Waals surface area contributed by atoms with Gasteiger partial charge in [0.1, 0.15) is 0 Å². The van der Waals surface area contributed by atoms with Crippen LogP contribution in [-0.2, 0) is 19.3 Å². The molecule has 0 saturated carbocycles. The van der Waals surface area contributed by atoms with E-state index in [-0.39, 0.29) is 0 Å². The van der Waals surface area contributed by atoms with Crippen LogP contribution in [-0.4, -0.2) is 0 Å². The quantitative estimate of drug-likeness (QED) is 0.413. The highest BCUT2D eigenvalue weighted by Crippen LogP contribution is 2.25. The van der Waals surface area contributed by atoms with Crippen molar-refractivity contribution >= 4 is 18.4 Å². The van der Waals surface area contributed by atoms with Gasteiger partial charge in [0.15, 0.2) is 0 Å². The van der Waals surface area contributed by atoms with Gasteiger partial charge in [-0.3, -0.25) is 5.14 Å². The minimum absolute atomic E-state index is 1.06. The first-order chi connectivity index (χ1) is 14.0. The predicted octanol–water partition coefficient (Wildman–Crippen LogP) is 6.89. The smallest absolute Gasteiger partial charge is 0.0178 e. The van der Waals surface area contributed by atoms with E-state index < -0.39 is 0 Å². The molecule has 3 aromatic carbocycles. The summed E-state index contributed by atoms with van der Waals surface area (Å²) in [6.45, 7) is 10.9. The van der Waals surface area contributed by atoms with Crippen molar-refractivity contribution in [3.8, 4) is 0 Å². The Morgan fingerprint density at radius 2 is 1.17 bits per heavy atom. The van der Waals surface area contributed by atoms with Crippen molar-refractivity contribution in [3.63, 3.8) is 0 Å². The third-order valence-corrected chi connectivity index (χ3v) is 5.16. The number of hydrogen-bond acceptors (Lipinski definition) is 2. The van der Waals surface area contributed by atoms with E-state index in [1.807, 2.05) is 0 Å². The number of aryl methyl sites for hydroxylation is 5. The van der Waals surface area contributed by atoms with Gasteiger partial charge in [0.25, 0.3) is 0 Å². The molecule has 2 heteroatoms.